The number of nitrogens with one attached hydrogen (secondary N) is 1. The molecule has 0 bridgehead atoms. The Labute approximate surface area is 98.0 Å². The highest BCUT2D eigenvalue weighted by atomic mass is 16.5. The first-order valence-corrected chi connectivity index (χ1v) is 5.30. The number of ether oxygens (including phenoxy) is 1. The van der Waals surface area contributed by atoms with E-state index in [1.54, 1.807) is 13.2 Å². The standard InChI is InChI=1S/C8H12O2.C4H11NO/c1-2-3-4-5-6-7-8(9)10;1-5-3-4-6-2/h2,5-6H,1,3-4,7H2,(H,9,10);5H,3-4H2,1-2H3/b6-5+;. The lowest BCUT2D eigenvalue weighted by Gasteiger charge is -1.92. The minimum absolute atomic E-state index is 0.122. The molecule has 0 aromatic rings. The van der Waals surface area contributed by atoms with Crippen molar-refractivity contribution in [3.05, 3.63) is 24.8 Å². The van der Waals surface area contributed by atoms with Gasteiger partial charge in [-0.1, -0.05) is 18.2 Å². The Hall–Kier alpha value is -1.13. The maximum Gasteiger partial charge on any atom is 0.307 e. The number of methoxy groups -OCH3 is 1. The number of unbranched alkanes of at least 4 members (excludes halogenated alkanes) is 1. The minimum atomic E-state index is -0.783. The maximum atomic E-state index is 9.96. The van der Waals surface area contributed by atoms with Crippen LogP contribution in [0.5, 0.6) is 0 Å². The zero-order valence-electron chi connectivity index (χ0n) is 10.2. The molecule has 0 heterocycles. The predicted octanol–water partition coefficient (Wildman–Crippen LogP) is 1.84. The Morgan fingerprint density at radius 3 is 2.50 bits per heavy atom. The van der Waals surface area contributed by atoms with Gasteiger partial charge in [0.25, 0.3) is 0 Å². The van der Waals surface area contributed by atoms with Gasteiger partial charge < -0.3 is 15.2 Å². The molecule has 0 aliphatic heterocycles. The molecule has 0 rings (SSSR count). The number of rotatable bonds is 8. The Kier molecular flexibility index (Phi) is 17.6. The van der Waals surface area contributed by atoms with E-state index in [1.807, 2.05) is 19.2 Å². The number of allylic oxidation sites excluding steroid dienone is 2. The summed E-state index contributed by atoms with van der Waals surface area (Å²) in [6.45, 7) is 5.29. The van der Waals surface area contributed by atoms with Crippen molar-refractivity contribution in [1.82, 2.24) is 5.32 Å². The highest BCUT2D eigenvalue weighted by Crippen LogP contribution is 1.92. The van der Waals surface area contributed by atoms with Crippen molar-refractivity contribution < 1.29 is 14.6 Å². The molecule has 2 N–H and O–H groups in total. The third-order valence-electron chi connectivity index (χ3n) is 1.55. The van der Waals surface area contributed by atoms with Crippen LogP contribution in [0.4, 0.5) is 0 Å². The fourth-order valence-electron chi connectivity index (χ4n) is 0.720. The summed E-state index contributed by atoms with van der Waals surface area (Å²) < 4.78 is 4.72. The van der Waals surface area contributed by atoms with E-state index in [2.05, 4.69) is 11.9 Å². The first-order valence-electron chi connectivity index (χ1n) is 5.30. The smallest absolute Gasteiger partial charge is 0.307 e. The van der Waals surface area contributed by atoms with Crippen LogP contribution in [0.1, 0.15) is 19.3 Å². The summed E-state index contributed by atoms with van der Waals surface area (Å²) in [5, 5.41) is 11.1. The fraction of sp³-hybridized carbons (Fsp3) is 0.583. The van der Waals surface area contributed by atoms with Gasteiger partial charge in [-0.25, -0.2) is 0 Å². The van der Waals surface area contributed by atoms with E-state index in [-0.39, 0.29) is 6.42 Å². The largest absolute Gasteiger partial charge is 0.481 e. The van der Waals surface area contributed by atoms with Crippen molar-refractivity contribution >= 4 is 5.97 Å². The molecule has 0 unspecified atom stereocenters. The van der Waals surface area contributed by atoms with Crippen LogP contribution in [-0.2, 0) is 9.53 Å². The highest BCUT2D eigenvalue weighted by Gasteiger charge is 1.87. The van der Waals surface area contributed by atoms with E-state index in [9.17, 15) is 4.79 Å². The Balaban J connectivity index is 0. The van der Waals surface area contributed by atoms with Gasteiger partial charge in [-0.15, -0.1) is 6.58 Å². The third-order valence-corrected chi connectivity index (χ3v) is 1.55. The van der Waals surface area contributed by atoms with Crippen molar-refractivity contribution in [3.63, 3.8) is 0 Å². The number of aliphatic carboxylic acids is 1. The van der Waals surface area contributed by atoms with Gasteiger partial charge in [0, 0.05) is 13.7 Å². The molecular weight excluding hydrogens is 206 g/mol. The lowest BCUT2D eigenvalue weighted by Crippen LogP contribution is -2.12. The Bertz CT molecular complexity index is 187. The van der Waals surface area contributed by atoms with Gasteiger partial charge >= 0.3 is 5.97 Å². The van der Waals surface area contributed by atoms with Crippen molar-refractivity contribution in [2.45, 2.75) is 19.3 Å². The quantitative estimate of drug-likeness (QED) is 0.492. The van der Waals surface area contributed by atoms with Crippen LogP contribution < -0.4 is 5.32 Å². The Morgan fingerprint density at radius 2 is 2.12 bits per heavy atom. The van der Waals surface area contributed by atoms with Crippen molar-refractivity contribution in [1.29, 1.82) is 0 Å². The molecule has 0 aromatic carbocycles. The second-order valence-electron chi connectivity index (χ2n) is 3.03. The van der Waals surface area contributed by atoms with E-state index in [1.165, 1.54) is 0 Å². The summed E-state index contributed by atoms with van der Waals surface area (Å²) in [6.07, 6.45) is 7.25. The van der Waals surface area contributed by atoms with Crippen LogP contribution in [0.15, 0.2) is 24.8 Å². The van der Waals surface area contributed by atoms with E-state index >= 15 is 0 Å². The summed E-state index contributed by atoms with van der Waals surface area (Å²) in [4.78, 5) is 9.96. The van der Waals surface area contributed by atoms with Crippen LogP contribution in [0, 0.1) is 0 Å². The lowest BCUT2D eigenvalue weighted by atomic mass is 10.2. The SMILES string of the molecule is C=CCC/C=C/CC(=O)O.CNCCOC. The van der Waals surface area contributed by atoms with E-state index in [4.69, 9.17) is 9.84 Å². The molecule has 0 radical (unpaired) electrons. The average Bonchev–Trinajstić information content (AvgIpc) is 2.26. The molecule has 0 aromatic heterocycles. The number of likely N-dealkylation sites (N-methyl/N-ethyl adjacent to an activating group) is 1. The van der Waals surface area contributed by atoms with E-state index in [0.717, 1.165) is 26.0 Å². The van der Waals surface area contributed by atoms with E-state index in [0.29, 0.717) is 0 Å². The van der Waals surface area contributed by atoms with Gasteiger partial charge in [0.1, 0.15) is 0 Å². The fourth-order valence-corrected chi connectivity index (χ4v) is 0.720. The average molecular weight is 229 g/mol. The first kappa shape index (κ1) is 17.3. The molecule has 16 heavy (non-hydrogen) atoms. The molecule has 0 aliphatic rings. The normalized spacial score (nSPS) is 9.62. The molecule has 0 spiro atoms. The minimum Gasteiger partial charge on any atom is -0.481 e. The molecule has 0 saturated carbocycles. The zero-order chi connectivity index (χ0) is 12.6. The second kappa shape index (κ2) is 16.3. The van der Waals surface area contributed by atoms with Crippen LogP contribution in [-0.4, -0.2) is 38.4 Å². The van der Waals surface area contributed by atoms with Gasteiger partial charge in [-0.3, -0.25) is 4.79 Å². The zero-order valence-corrected chi connectivity index (χ0v) is 10.2. The monoisotopic (exact) mass is 229 g/mol. The van der Waals surface area contributed by atoms with Gasteiger partial charge in [-0.2, -0.15) is 0 Å². The predicted molar refractivity (Wildman–Crippen MR) is 66.6 cm³/mol. The van der Waals surface area contributed by atoms with Crippen LogP contribution in [0.2, 0.25) is 0 Å². The number of carbonyl (C=O) groups is 1. The Morgan fingerprint density at radius 1 is 1.44 bits per heavy atom. The first-order chi connectivity index (χ1) is 7.68. The number of carboxylic acid groups (broad SMARTS) is 1. The second-order valence-corrected chi connectivity index (χ2v) is 3.03. The molecule has 0 fully saturated rings. The molecule has 0 aliphatic carbocycles. The van der Waals surface area contributed by atoms with Gasteiger partial charge in [0.05, 0.1) is 13.0 Å². The van der Waals surface area contributed by atoms with Gasteiger partial charge in [-0.05, 0) is 19.9 Å². The topological polar surface area (TPSA) is 58.6 Å². The summed E-state index contributed by atoms with van der Waals surface area (Å²) in [5.41, 5.74) is 0. The third kappa shape index (κ3) is 23.0. The van der Waals surface area contributed by atoms with Gasteiger partial charge in [0.2, 0.25) is 0 Å². The molecule has 0 amide bonds. The van der Waals surface area contributed by atoms with Crippen LogP contribution in [0.3, 0.4) is 0 Å². The summed E-state index contributed by atoms with van der Waals surface area (Å²) in [6, 6.07) is 0. The summed E-state index contributed by atoms with van der Waals surface area (Å²) >= 11 is 0. The van der Waals surface area contributed by atoms with Gasteiger partial charge in [0.15, 0.2) is 0 Å². The molecule has 4 nitrogen and oxygen atoms in total. The molecule has 94 valence electrons. The van der Waals surface area contributed by atoms with Crippen molar-refractivity contribution in [2.24, 2.45) is 0 Å². The van der Waals surface area contributed by atoms with Crippen molar-refractivity contribution in [3.8, 4) is 0 Å². The number of hydrogen-bond donors (Lipinski definition) is 2. The van der Waals surface area contributed by atoms with Crippen LogP contribution in [0.25, 0.3) is 0 Å². The molecule has 4 heteroatoms. The lowest BCUT2D eigenvalue weighted by molar-refractivity contribution is -0.136. The van der Waals surface area contributed by atoms with Crippen LogP contribution >= 0.6 is 0 Å². The molecule has 0 saturated heterocycles. The summed E-state index contributed by atoms with van der Waals surface area (Å²) in [5.74, 6) is -0.783. The molecule has 0 atom stereocenters. The maximum absolute atomic E-state index is 9.96. The highest BCUT2D eigenvalue weighted by molar-refractivity contribution is 5.68. The summed E-state index contributed by atoms with van der Waals surface area (Å²) in [7, 11) is 3.59. The molecular formula is C12H23NO3. The number of carboxylic acids is 1. The number of hydrogen-bond acceptors (Lipinski definition) is 3. The van der Waals surface area contributed by atoms with Crippen molar-refractivity contribution in [2.75, 3.05) is 27.3 Å². The van der Waals surface area contributed by atoms with E-state index < -0.39 is 5.97 Å².